The van der Waals surface area contributed by atoms with E-state index in [9.17, 15) is 22.8 Å². The Hall–Kier alpha value is -3.48. The van der Waals surface area contributed by atoms with Crippen LogP contribution in [0.2, 0.25) is 4.34 Å². The molecule has 13 heteroatoms. The minimum atomic E-state index is -4.09. The molecule has 1 aliphatic rings. The van der Waals surface area contributed by atoms with E-state index in [-0.39, 0.29) is 26.5 Å². The number of rotatable bonds is 7. The van der Waals surface area contributed by atoms with Gasteiger partial charge in [0.25, 0.3) is 15.9 Å². The van der Waals surface area contributed by atoms with Gasteiger partial charge >= 0.3 is 6.03 Å². The lowest BCUT2D eigenvalue weighted by Gasteiger charge is -2.26. The van der Waals surface area contributed by atoms with Crippen molar-refractivity contribution in [2.24, 2.45) is 0 Å². The van der Waals surface area contributed by atoms with Crippen LogP contribution in [-0.4, -0.2) is 37.8 Å². The number of sulfonamides is 1. The minimum absolute atomic E-state index is 0.0391. The van der Waals surface area contributed by atoms with E-state index in [1.807, 2.05) is 11.6 Å². The SMILES string of the molecule is CCCNc1ccc2c(c1)CC(=O)N(c1ccc(NC(=O)NS(=O)(=O)c3ccc(Cl)s3)cn1)C2=O. The van der Waals surface area contributed by atoms with Gasteiger partial charge in [-0.25, -0.2) is 27.8 Å². The average molecular weight is 534 g/mol. The van der Waals surface area contributed by atoms with Crippen molar-refractivity contribution in [1.29, 1.82) is 0 Å². The summed E-state index contributed by atoms with van der Waals surface area (Å²) in [5, 5.41) is 5.58. The fraction of sp³-hybridized carbons (Fsp3) is 0.182. The topological polar surface area (TPSA) is 138 Å². The van der Waals surface area contributed by atoms with Crippen LogP contribution in [0.25, 0.3) is 0 Å². The van der Waals surface area contributed by atoms with Gasteiger partial charge in [0, 0.05) is 17.8 Å². The van der Waals surface area contributed by atoms with Crippen LogP contribution in [0.3, 0.4) is 0 Å². The number of nitrogens with zero attached hydrogens (tertiary/aromatic N) is 2. The van der Waals surface area contributed by atoms with E-state index >= 15 is 0 Å². The Kier molecular flexibility index (Phi) is 7.05. The van der Waals surface area contributed by atoms with Crippen LogP contribution in [0.4, 0.5) is 22.0 Å². The van der Waals surface area contributed by atoms with Crippen LogP contribution in [0.5, 0.6) is 0 Å². The van der Waals surface area contributed by atoms with Gasteiger partial charge in [-0.15, -0.1) is 11.3 Å². The van der Waals surface area contributed by atoms with Crippen molar-refractivity contribution in [2.75, 3.05) is 22.1 Å². The molecule has 0 aliphatic carbocycles. The van der Waals surface area contributed by atoms with Gasteiger partial charge in [-0.2, -0.15) is 0 Å². The molecule has 35 heavy (non-hydrogen) atoms. The molecule has 0 fully saturated rings. The number of carbonyl (C=O) groups is 3. The van der Waals surface area contributed by atoms with Gasteiger partial charge in [0.2, 0.25) is 5.91 Å². The maximum atomic E-state index is 13.0. The van der Waals surface area contributed by atoms with E-state index in [0.717, 1.165) is 34.9 Å². The van der Waals surface area contributed by atoms with Crippen LogP contribution in [0.15, 0.2) is 52.9 Å². The number of pyridine rings is 1. The highest BCUT2D eigenvalue weighted by atomic mass is 35.5. The van der Waals surface area contributed by atoms with E-state index in [2.05, 4.69) is 15.6 Å². The molecule has 1 aliphatic heterocycles. The molecule has 1 aromatic carbocycles. The number of hydrogen-bond acceptors (Lipinski definition) is 8. The lowest BCUT2D eigenvalue weighted by molar-refractivity contribution is -0.117. The third kappa shape index (κ3) is 5.45. The number of benzene rings is 1. The molecule has 3 N–H and O–H groups in total. The molecular formula is C22H20ClN5O5S2. The zero-order chi connectivity index (χ0) is 25.2. The monoisotopic (exact) mass is 533 g/mol. The minimum Gasteiger partial charge on any atom is -0.385 e. The number of aromatic nitrogens is 1. The molecule has 3 aromatic rings. The Morgan fingerprint density at radius 1 is 1.14 bits per heavy atom. The molecular weight excluding hydrogens is 514 g/mol. The summed E-state index contributed by atoms with van der Waals surface area (Å²) in [6.07, 6.45) is 2.20. The maximum Gasteiger partial charge on any atom is 0.333 e. The summed E-state index contributed by atoms with van der Waals surface area (Å²) in [5.41, 5.74) is 2.06. The fourth-order valence-electron chi connectivity index (χ4n) is 3.40. The smallest absolute Gasteiger partial charge is 0.333 e. The van der Waals surface area contributed by atoms with Crippen molar-refractivity contribution in [3.8, 4) is 0 Å². The van der Waals surface area contributed by atoms with Gasteiger partial charge in [0.1, 0.15) is 10.0 Å². The third-order valence-corrected chi connectivity index (χ3v) is 8.04. The molecule has 4 amide bonds. The Balaban J connectivity index is 1.45. The molecule has 0 bridgehead atoms. The molecule has 4 rings (SSSR count). The number of hydrogen-bond donors (Lipinski definition) is 3. The lowest BCUT2D eigenvalue weighted by atomic mass is 9.97. The molecule has 2 aromatic heterocycles. The van der Waals surface area contributed by atoms with Crippen molar-refractivity contribution in [3.05, 3.63) is 64.1 Å². The van der Waals surface area contributed by atoms with Crippen molar-refractivity contribution in [1.82, 2.24) is 9.71 Å². The van der Waals surface area contributed by atoms with E-state index in [1.165, 1.54) is 30.5 Å². The van der Waals surface area contributed by atoms with E-state index in [4.69, 9.17) is 11.6 Å². The molecule has 182 valence electrons. The van der Waals surface area contributed by atoms with Crippen LogP contribution in [-0.2, 0) is 21.2 Å². The molecule has 0 atom stereocenters. The van der Waals surface area contributed by atoms with E-state index < -0.39 is 27.9 Å². The maximum absolute atomic E-state index is 13.0. The highest BCUT2D eigenvalue weighted by molar-refractivity contribution is 7.92. The number of amides is 4. The zero-order valence-electron chi connectivity index (χ0n) is 18.4. The van der Waals surface area contributed by atoms with Crippen molar-refractivity contribution in [3.63, 3.8) is 0 Å². The summed E-state index contributed by atoms with van der Waals surface area (Å²) in [7, 11) is -4.09. The number of urea groups is 1. The van der Waals surface area contributed by atoms with Gasteiger partial charge in [-0.1, -0.05) is 18.5 Å². The normalized spacial score (nSPS) is 13.4. The van der Waals surface area contributed by atoms with Crippen LogP contribution in [0, 0.1) is 0 Å². The molecule has 0 unspecified atom stereocenters. The number of halogens is 1. The number of carbonyl (C=O) groups excluding carboxylic acids is 3. The van der Waals surface area contributed by atoms with Crippen molar-refractivity contribution >= 4 is 68.0 Å². The lowest BCUT2D eigenvalue weighted by Crippen LogP contribution is -2.43. The fourth-order valence-corrected chi connectivity index (χ4v) is 5.79. The molecule has 0 radical (unpaired) electrons. The van der Waals surface area contributed by atoms with Gasteiger partial charge in [0.05, 0.1) is 22.6 Å². The first kappa shape index (κ1) is 24.6. The van der Waals surface area contributed by atoms with E-state index in [0.29, 0.717) is 11.1 Å². The third-order valence-electron chi connectivity index (χ3n) is 4.98. The number of thiophene rings is 1. The summed E-state index contributed by atoms with van der Waals surface area (Å²) < 4.78 is 26.5. The zero-order valence-corrected chi connectivity index (χ0v) is 20.8. The average Bonchev–Trinajstić information content (AvgIpc) is 3.25. The van der Waals surface area contributed by atoms with Crippen LogP contribution < -0.4 is 20.3 Å². The summed E-state index contributed by atoms with van der Waals surface area (Å²) >= 11 is 6.56. The second kappa shape index (κ2) is 10.0. The molecule has 0 saturated carbocycles. The standard InChI is InChI=1S/C22H20ClN5O5S2/c1-2-9-24-14-3-5-16-13(10-14)11-19(29)28(21(16)30)18-7-4-15(12-25-18)26-22(31)27-35(32,33)20-8-6-17(23)34-20/h3-8,10,12,24H,2,9,11H2,1H3,(H2,26,27,31). The molecule has 0 saturated heterocycles. The first-order valence-corrected chi connectivity index (χ1v) is 13.1. The Bertz CT molecular complexity index is 1410. The quantitative estimate of drug-likeness (QED) is 0.392. The summed E-state index contributed by atoms with van der Waals surface area (Å²) in [6, 6.07) is 9.75. The van der Waals surface area contributed by atoms with Gasteiger partial charge in [-0.3, -0.25) is 9.59 Å². The summed E-state index contributed by atoms with van der Waals surface area (Å²) in [5.74, 6) is -0.836. The number of anilines is 3. The van der Waals surface area contributed by atoms with Gasteiger partial charge < -0.3 is 10.6 Å². The number of fused-ring (bicyclic) bond motifs is 1. The van der Waals surface area contributed by atoms with Crippen molar-refractivity contribution < 1.29 is 22.8 Å². The predicted molar refractivity (Wildman–Crippen MR) is 134 cm³/mol. The number of imide groups is 1. The van der Waals surface area contributed by atoms with Gasteiger partial charge in [0.15, 0.2) is 0 Å². The predicted octanol–water partition coefficient (Wildman–Crippen LogP) is 3.86. The van der Waals surface area contributed by atoms with Crippen LogP contribution >= 0.6 is 22.9 Å². The van der Waals surface area contributed by atoms with Crippen molar-refractivity contribution in [2.45, 2.75) is 24.0 Å². The van der Waals surface area contributed by atoms with Gasteiger partial charge in [-0.05, 0) is 54.4 Å². The summed E-state index contributed by atoms with van der Waals surface area (Å²) in [4.78, 5) is 43.0. The second-order valence-corrected chi connectivity index (χ2v) is 11.2. The summed E-state index contributed by atoms with van der Waals surface area (Å²) in [6.45, 7) is 2.82. The largest absolute Gasteiger partial charge is 0.385 e. The first-order chi connectivity index (χ1) is 16.7. The van der Waals surface area contributed by atoms with E-state index in [1.54, 1.807) is 18.2 Å². The van der Waals surface area contributed by atoms with Crippen LogP contribution in [0.1, 0.15) is 29.3 Å². The Labute approximate surface area is 210 Å². The highest BCUT2D eigenvalue weighted by Gasteiger charge is 2.33. The first-order valence-electron chi connectivity index (χ1n) is 10.5. The molecule has 0 spiro atoms. The Morgan fingerprint density at radius 2 is 1.91 bits per heavy atom. The Morgan fingerprint density at radius 3 is 2.57 bits per heavy atom. The molecule has 10 nitrogen and oxygen atoms in total. The second-order valence-electron chi connectivity index (χ2n) is 7.53. The highest BCUT2D eigenvalue weighted by Crippen LogP contribution is 2.28. The number of nitrogens with one attached hydrogen (secondary N) is 3. The molecule has 3 heterocycles.